The van der Waals surface area contributed by atoms with E-state index in [2.05, 4.69) is 10.0 Å². The number of anilines is 2. The van der Waals surface area contributed by atoms with Crippen molar-refractivity contribution < 1.29 is 27.5 Å². The largest absolute Gasteiger partial charge is 0.483 e. The number of esters is 1. The third-order valence-corrected chi connectivity index (χ3v) is 6.10. The number of carbonyl (C=O) groups excluding carboxylic acids is 2. The monoisotopic (exact) mass is 468 g/mol. The highest BCUT2D eigenvalue weighted by atomic mass is 32.2. The minimum Gasteiger partial charge on any atom is -0.483 e. The number of sulfonamides is 1. The molecule has 0 saturated carbocycles. The van der Waals surface area contributed by atoms with E-state index in [9.17, 15) is 18.0 Å². The Labute approximate surface area is 192 Å². The number of ether oxygens (including phenoxy) is 2. The van der Waals surface area contributed by atoms with Gasteiger partial charge in [0, 0.05) is 5.69 Å². The van der Waals surface area contributed by atoms with Gasteiger partial charge in [-0.05, 0) is 61.9 Å². The van der Waals surface area contributed by atoms with Crippen molar-refractivity contribution >= 4 is 33.3 Å². The number of amides is 1. The fraction of sp³-hybridized carbons (Fsp3) is 0.167. The summed E-state index contributed by atoms with van der Waals surface area (Å²) < 4.78 is 38.2. The average molecular weight is 469 g/mol. The number of nitrogens with one attached hydrogen (secondary N) is 2. The zero-order valence-corrected chi connectivity index (χ0v) is 19.2. The predicted octanol–water partition coefficient (Wildman–Crippen LogP) is 3.91. The van der Waals surface area contributed by atoms with E-state index in [-0.39, 0.29) is 17.1 Å². The lowest BCUT2D eigenvalue weighted by Gasteiger charge is -2.13. The molecule has 0 unspecified atom stereocenters. The van der Waals surface area contributed by atoms with Crippen LogP contribution >= 0.6 is 0 Å². The van der Waals surface area contributed by atoms with Crippen LogP contribution in [0, 0.1) is 13.8 Å². The van der Waals surface area contributed by atoms with E-state index in [1.807, 2.05) is 19.1 Å². The van der Waals surface area contributed by atoms with Crippen molar-refractivity contribution in [1.29, 1.82) is 0 Å². The minimum atomic E-state index is -3.78. The van der Waals surface area contributed by atoms with Gasteiger partial charge in [-0.3, -0.25) is 9.52 Å². The number of carbonyl (C=O) groups is 2. The lowest BCUT2D eigenvalue weighted by atomic mass is 10.2. The van der Waals surface area contributed by atoms with Gasteiger partial charge in [0.15, 0.2) is 6.61 Å². The van der Waals surface area contributed by atoms with E-state index in [4.69, 9.17) is 9.47 Å². The van der Waals surface area contributed by atoms with Crippen molar-refractivity contribution in [2.45, 2.75) is 18.7 Å². The second-order valence-electron chi connectivity index (χ2n) is 7.27. The molecule has 0 spiro atoms. The average Bonchev–Trinajstić information content (AvgIpc) is 2.79. The molecule has 0 bridgehead atoms. The Hall–Kier alpha value is -3.85. The van der Waals surface area contributed by atoms with Gasteiger partial charge in [-0.15, -0.1) is 0 Å². The number of rotatable bonds is 8. The Kier molecular flexibility index (Phi) is 7.34. The molecule has 0 atom stereocenters. The Morgan fingerprint density at radius 3 is 2.30 bits per heavy atom. The first-order chi connectivity index (χ1) is 15.7. The zero-order valence-electron chi connectivity index (χ0n) is 18.4. The van der Waals surface area contributed by atoms with Gasteiger partial charge in [0.25, 0.3) is 15.9 Å². The predicted molar refractivity (Wildman–Crippen MR) is 125 cm³/mol. The molecule has 172 valence electrons. The maximum absolute atomic E-state index is 12.7. The lowest BCUT2D eigenvalue weighted by molar-refractivity contribution is -0.118. The molecule has 0 heterocycles. The van der Waals surface area contributed by atoms with Crippen LogP contribution in [0.5, 0.6) is 5.75 Å². The summed E-state index contributed by atoms with van der Waals surface area (Å²) in [5.41, 5.74) is 2.55. The summed E-state index contributed by atoms with van der Waals surface area (Å²) in [4.78, 5) is 24.2. The Morgan fingerprint density at radius 1 is 0.939 bits per heavy atom. The zero-order chi connectivity index (χ0) is 24.0. The Morgan fingerprint density at radius 2 is 1.64 bits per heavy atom. The van der Waals surface area contributed by atoms with Crippen LogP contribution < -0.4 is 14.8 Å². The van der Waals surface area contributed by atoms with E-state index in [1.165, 1.54) is 31.4 Å². The van der Waals surface area contributed by atoms with Gasteiger partial charge in [0.05, 0.1) is 23.3 Å². The number of hydrogen-bond acceptors (Lipinski definition) is 6. The molecule has 1 amide bonds. The highest BCUT2D eigenvalue weighted by Crippen LogP contribution is 2.24. The molecule has 0 aliphatic heterocycles. The van der Waals surface area contributed by atoms with Crippen LogP contribution in [0.2, 0.25) is 0 Å². The molecule has 2 N–H and O–H groups in total. The molecule has 33 heavy (non-hydrogen) atoms. The van der Waals surface area contributed by atoms with Gasteiger partial charge in [0.1, 0.15) is 5.75 Å². The van der Waals surface area contributed by atoms with Crippen molar-refractivity contribution in [3.63, 3.8) is 0 Å². The number of aryl methyl sites for hydroxylation is 2. The second-order valence-corrected chi connectivity index (χ2v) is 8.96. The van der Waals surface area contributed by atoms with Gasteiger partial charge >= 0.3 is 5.97 Å². The van der Waals surface area contributed by atoms with Gasteiger partial charge in [-0.25, -0.2) is 13.2 Å². The Bertz CT molecular complexity index is 1270. The smallest absolute Gasteiger partial charge is 0.339 e. The normalized spacial score (nSPS) is 10.9. The fourth-order valence-electron chi connectivity index (χ4n) is 3.00. The van der Waals surface area contributed by atoms with Gasteiger partial charge in [-0.1, -0.05) is 29.8 Å². The molecule has 0 saturated heterocycles. The third-order valence-electron chi connectivity index (χ3n) is 4.73. The maximum atomic E-state index is 12.7. The highest BCUT2D eigenvalue weighted by molar-refractivity contribution is 7.92. The second kappa shape index (κ2) is 10.2. The molecule has 0 fully saturated rings. The first-order valence-corrected chi connectivity index (χ1v) is 11.5. The van der Waals surface area contributed by atoms with Crippen LogP contribution in [-0.4, -0.2) is 34.0 Å². The first-order valence-electron chi connectivity index (χ1n) is 10.00. The van der Waals surface area contributed by atoms with Crippen molar-refractivity contribution in [1.82, 2.24) is 0 Å². The molecule has 0 radical (unpaired) electrons. The highest BCUT2D eigenvalue weighted by Gasteiger charge is 2.17. The standard InChI is InChI=1S/C24H24N2O6S/c1-16-8-10-18(11-9-16)26-33(29,30)19-12-13-22(17(2)14-19)32-15-23(27)25-21-7-5-4-6-20(21)24(28)31-3/h4-14,26H,15H2,1-3H3,(H,25,27). The summed E-state index contributed by atoms with van der Waals surface area (Å²) in [6.45, 7) is 3.27. The lowest BCUT2D eigenvalue weighted by Crippen LogP contribution is -2.22. The topological polar surface area (TPSA) is 111 Å². The van der Waals surface area contributed by atoms with Crippen molar-refractivity contribution in [2.24, 2.45) is 0 Å². The fourth-order valence-corrected chi connectivity index (χ4v) is 4.14. The van der Waals surface area contributed by atoms with E-state index in [0.717, 1.165) is 5.56 Å². The van der Waals surface area contributed by atoms with E-state index < -0.39 is 21.9 Å². The van der Waals surface area contributed by atoms with Crippen LogP contribution in [0.3, 0.4) is 0 Å². The molecule has 0 aromatic heterocycles. The third kappa shape index (κ3) is 6.11. The number of methoxy groups -OCH3 is 1. The van der Waals surface area contributed by atoms with Crippen molar-refractivity contribution in [3.05, 3.63) is 83.4 Å². The van der Waals surface area contributed by atoms with Crippen LogP contribution in [0.4, 0.5) is 11.4 Å². The van der Waals surface area contributed by atoms with Crippen LogP contribution in [0.25, 0.3) is 0 Å². The number of benzene rings is 3. The van der Waals surface area contributed by atoms with Gasteiger partial charge in [-0.2, -0.15) is 0 Å². The summed E-state index contributed by atoms with van der Waals surface area (Å²) in [5.74, 6) is -0.692. The van der Waals surface area contributed by atoms with Gasteiger partial charge < -0.3 is 14.8 Å². The first kappa shape index (κ1) is 23.8. The summed E-state index contributed by atoms with van der Waals surface area (Å²) in [6.07, 6.45) is 0. The number of para-hydroxylation sites is 1. The van der Waals surface area contributed by atoms with Crippen molar-refractivity contribution in [2.75, 3.05) is 23.8 Å². The van der Waals surface area contributed by atoms with E-state index >= 15 is 0 Å². The van der Waals surface area contributed by atoms with Crippen LogP contribution in [-0.2, 0) is 19.6 Å². The molecular formula is C24H24N2O6S. The Balaban J connectivity index is 1.65. The van der Waals surface area contributed by atoms with Crippen LogP contribution in [0.15, 0.2) is 71.6 Å². The molecule has 0 aliphatic carbocycles. The molecule has 3 aromatic rings. The summed E-state index contributed by atoms with van der Waals surface area (Å²) in [7, 11) is -2.52. The quantitative estimate of drug-likeness (QED) is 0.485. The molecular weight excluding hydrogens is 444 g/mol. The molecule has 0 aliphatic rings. The summed E-state index contributed by atoms with van der Waals surface area (Å²) in [5, 5.41) is 2.61. The van der Waals surface area contributed by atoms with Crippen molar-refractivity contribution in [3.8, 4) is 5.75 Å². The maximum Gasteiger partial charge on any atom is 0.339 e. The summed E-state index contributed by atoms with van der Waals surface area (Å²) in [6, 6.07) is 17.8. The number of hydrogen-bond donors (Lipinski definition) is 2. The summed E-state index contributed by atoms with van der Waals surface area (Å²) >= 11 is 0. The molecule has 3 rings (SSSR count). The molecule has 3 aromatic carbocycles. The van der Waals surface area contributed by atoms with Crippen LogP contribution in [0.1, 0.15) is 21.5 Å². The van der Waals surface area contributed by atoms with E-state index in [0.29, 0.717) is 22.7 Å². The van der Waals surface area contributed by atoms with Gasteiger partial charge in [0.2, 0.25) is 0 Å². The molecule has 9 heteroatoms. The molecule has 8 nitrogen and oxygen atoms in total. The van der Waals surface area contributed by atoms with E-state index in [1.54, 1.807) is 37.3 Å². The SMILES string of the molecule is COC(=O)c1ccccc1NC(=O)COc1ccc(S(=O)(=O)Nc2ccc(C)cc2)cc1C. The minimum absolute atomic E-state index is 0.0735.